The van der Waals surface area contributed by atoms with E-state index in [-0.39, 0.29) is 16.1 Å². The van der Waals surface area contributed by atoms with Crippen molar-refractivity contribution in [1.29, 1.82) is 0 Å². The zero-order chi connectivity index (χ0) is 13.1. The molecule has 0 aromatic carbocycles. The lowest BCUT2D eigenvalue weighted by Gasteiger charge is -2.08. The normalized spacial score (nSPS) is 21.2. The molecule has 0 atom stereocenters. The molecule has 2 aromatic heterocycles. The highest BCUT2D eigenvalue weighted by molar-refractivity contribution is 6.28. The fourth-order valence-electron chi connectivity index (χ4n) is 2.61. The number of aromatic nitrogens is 4. The number of halogens is 1. The largest absolute Gasteiger partial charge is 0.364 e. The van der Waals surface area contributed by atoms with Crippen LogP contribution >= 0.6 is 11.6 Å². The quantitative estimate of drug-likeness (QED) is 0.820. The smallest absolute Gasteiger partial charge is 0.226 e. The van der Waals surface area contributed by atoms with E-state index in [1.54, 1.807) is 6.33 Å². The van der Waals surface area contributed by atoms with Gasteiger partial charge in [-0.2, -0.15) is 9.97 Å². The third-order valence-electron chi connectivity index (χ3n) is 4.56. The molecule has 0 saturated heterocycles. The molecule has 3 rings (SSSR count). The average molecular weight is 266 g/mol. The van der Waals surface area contributed by atoms with Gasteiger partial charge in [0.05, 0.1) is 6.33 Å². The Morgan fingerprint density at radius 2 is 1.89 bits per heavy atom. The summed E-state index contributed by atoms with van der Waals surface area (Å²) >= 11 is 5.91. The van der Waals surface area contributed by atoms with Crippen LogP contribution in [0.2, 0.25) is 5.28 Å². The molecule has 1 fully saturated rings. The van der Waals surface area contributed by atoms with Crippen molar-refractivity contribution in [3.63, 3.8) is 0 Å². The highest BCUT2D eigenvalue weighted by Crippen LogP contribution is 2.63. The lowest BCUT2D eigenvalue weighted by atomic mass is 10.0. The van der Waals surface area contributed by atoms with Gasteiger partial charge in [0.1, 0.15) is 5.52 Å². The van der Waals surface area contributed by atoms with E-state index >= 15 is 0 Å². The number of hydrogen-bond donors (Lipinski definition) is 2. The third-order valence-corrected chi connectivity index (χ3v) is 4.73. The molecular weight excluding hydrogens is 250 g/mol. The summed E-state index contributed by atoms with van der Waals surface area (Å²) < 4.78 is 0. The fourth-order valence-corrected chi connectivity index (χ4v) is 2.77. The van der Waals surface area contributed by atoms with Gasteiger partial charge >= 0.3 is 0 Å². The second-order valence-corrected chi connectivity index (χ2v) is 6.30. The Morgan fingerprint density at radius 3 is 2.50 bits per heavy atom. The molecule has 96 valence electrons. The molecule has 1 aliphatic rings. The molecule has 0 unspecified atom stereocenters. The summed E-state index contributed by atoms with van der Waals surface area (Å²) in [5, 5.41) is 3.68. The topological polar surface area (TPSA) is 66.5 Å². The molecule has 0 radical (unpaired) electrons. The van der Waals surface area contributed by atoms with Crippen molar-refractivity contribution in [1.82, 2.24) is 19.9 Å². The van der Waals surface area contributed by atoms with Crippen molar-refractivity contribution in [2.45, 2.75) is 33.7 Å². The van der Waals surface area contributed by atoms with Crippen molar-refractivity contribution in [3.8, 4) is 0 Å². The van der Waals surface area contributed by atoms with E-state index in [1.165, 1.54) is 0 Å². The Labute approximate surface area is 110 Å². The van der Waals surface area contributed by atoms with Gasteiger partial charge in [-0.15, -0.1) is 0 Å². The van der Waals surface area contributed by atoms with E-state index in [9.17, 15) is 0 Å². The van der Waals surface area contributed by atoms with Crippen LogP contribution in [0.1, 0.15) is 27.7 Å². The summed E-state index contributed by atoms with van der Waals surface area (Å²) in [5.74, 6) is 0.728. The van der Waals surface area contributed by atoms with Crippen LogP contribution in [-0.4, -0.2) is 26.0 Å². The first-order valence-corrected chi connectivity index (χ1v) is 6.35. The highest BCUT2D eigenvalue weighted by Gasteiger charge is 2.65. The predicted octanol–water partition coefficient (Wildman–Crippen LogP) is 2.85. The van der Waals surface area contributed by atoms with E-state index in [1.807, 2.05) is 0 Å². The van der Waals surface area contributed by atoms with Crippen molar-refractivity contribution in [3.05, 3.63) is 11.6 Å². The predicted molar refractivity (Wildman–Crippen MR) is 71.7 cm³/mol. The molecule has 2 N–H and O–H groups in total. The molecule has 0 bridgehead atoms. The Balaban J connectivity index is 1.99. The van der Waals surface area contributed by atoms with Gasteiger partial charge in [0.25, 0.3) is 0 Å². The first kappa shape index (κ1) is 11.7. The number of imidazole rings is 1. The van der Waals surface area contributed by atoms with Crippen molar-refractivity contribution in [2.75, 3.05) is 5.32 Å². The summed E-state index contributed by atoms with van der Waals surface area (Å²) in [6.45, 7) is 8.99. The zero-order valence-corrected chi connectivity index (χ0v) is 11.6. The van der Waals surface area contributed by atoms with Gasteiger partial charge < -0.3 is 10.3 Å². The standard InChI is InChI=1S/C12H16ClN5/c1-11(2)9(12(11,3)4)16-8-6-7(15-5-14-6)17-10(13)18-8/h5,9H,1-4H3,(H2,14,15,16,17,18). The Hall–Kier alpha value is -1.36. The first-order chi connectivity index (χ1) is 8.34. The monoisotopic (exact) mass is 265 g/mol. The first-order valence-electron chi connectivity index (χ1n) is 5.97. The molecule has 18 heavy (non-hydrogen) atoms. The number of rotatable bonds is 2. The second kappa shape index (κ2) is 3.35. The van der Waals surface area contributed by atoms with Crippen LogP contribution in [0.5, 0.6) is 0 Å². The minimum Gasteiger partial charge on any atom is -0.364 e. The van der Waals surface area contributed by atoms with Crippen LogP contribution in [0.4, 0.5) is 5.82 Å². The number of nitrogens with zero attached hydrogens (tertiary/aromatic N) is 3. The van der Waals surface area contributed by atoms with Crippen molar-refractivity contribution >= 4 is 28.6 Å². The van der Waals surface area contributed by atoms with Crippen LogP contribution < -0.4 is 5.32 Å². The summed E-state index contributed by atoms with van der Waals surface area (Å²) in [4.78, 5) is 15.5. The Morgan fingerprint density at radius 1 is 1.22 bits per heavy atom. The molecule has 0 spiro atoms. The van der Waals surface area contributed by atoms with Gasteiger partial charge in [-0.25, -0.2) is 4.98 Å². The number of anilines is 1. The third kappa shape index (κ3) is 1.43. The molecule has 2 aromatic rings. The van der Waals surface area contributed by atoms with Crippen LogP contribution in [0.3, 0.4) is 0 Å². The molecular formula is C12H16ClN5. The number of aromatic amines is 1. The SMILES string of the molecule is CC1(C)C(Nc2nc(Cl)nc3nc[nH]c23)C1(C)C. The lowest BCUT2D eigenvalue weighted by molar-refractivity contribution is 0.457. The zero-order valence-electron chi connectivity index (χ0n) is 10.9. The van der Waals surface area contributed by atoms with Gasteiger partial charge in [0.2, 0.25) is 5.28 Å². The van der Waals surface area contributed by atoms with E-state index in [4.69, 9.17) is 11.6 Å². The fraction of sp³-hybridized carbons (Fsp3) is 0.583. The van der Waals surface area contributed by atoms with Crippen LogP contribution in [0, 0.1) is 10.8 Å². The van der Waals surface area contributed by atoms with Crippen LogP contribution in [0.25, 0.3) is 11.2 Å². The second-order valence-electron chi connectivity index (χ2n) is 5.96. The summed E-state index contributed by atoms with van der Waals surface area (Å²) in [7, 11) is 0. The van der Waals surface area contributed by atoms with Crippen molar-refractivity contribution in [2.24, 2.45) is 10.8 Å². The number of nitrogens with one attached hydrogen (secondary N) is 2. The molecule has 0 aliphatic heterocycles. The van der Waals surface area contributed by atoms with E-state index in [2.05, 4.69) is 52.9 Å². The lowest BCUT2D eigenvalue weighted by Crippen LogP contribution is -2.12. The van der Waals surface area contributed by atoms with E-state index in [0.717, 1.165) is 11.3 Å². The Bertz CT molecular complexity index is 602. The van der Waals surface area contributed by atoms with E-state index < -0.39 is 0 Å². The molecule has 2 heterocycles. The maximum atomic E-state index is 5.91. The molecule has 1 saturated carbocycles. The maximum absolute atomic E-state index is 5.91. The summed E-state index contributed by atoms with van der Waals surface area (Å²) in [5.41, 5.74) is 1.86. The van der Waals surface area contributed by atoms with Crippen LogP contribution in [0.15, 0.2) is 6.33 Å². The molecule has 1 aliphatic carbocycles. The van der Waals surface area contributed by atoms with Gasteiger partial charge in [-0.1, -0.05) is 27.7 Å². The van der Waals surface area contributed by atoms with Gasteiger partial charge in [-0.3, -0.25) is 0 Å². The number of hydrogen-bond acceptors (Lipinski definition) is 4. The number of fused-ring (bicyclic) bond motifs is 1. The average Bonchev–Trinajstić information content (AvgIpc) is 2.68. The van der Waals surface area contributed by atoms with Gasteiger partial charge in [0, 0.05) is 6.04 Å². The summed E-state index contributed by atoms with van der Waals surface area (Å²) in [6.07, 6.45) is 1.60. The number of H-pyrrole nitrogens is 1. The van der Waals surface area contributed by atoms with E-state index in [0.29, 0.717) is 11.7 Å². The van der Waals surface area contributed by atoms with Crippen LogP contribution in [-0.2, 0) is 0 Å². The maximum Gasteiger partial charge on any atom is 0.226 e. The minimum absolute atomic E-state index is 0.216. The highest BCUT2D eigenvalue weighted by atomic mass is 35.5. The Kier molecular flexibility index (Phi) is 2.18. The summed E-state index contributed by atoms with van der Waals surface area (Å²) in [6, 6.07) is 0.363. The molecule has 6 heteroatoms. The van der Waals surface area contributed by atoms with Gasteiger partial charge in [-0.05, 0) is 22.4 Å². The molecule has 0 amide bonds. The van der Waals surface area contributed by atoms with Crippen molar-refractivity contribution < 1.29 is 0 Å². The molecule has 5 nitrogen and oxygen atoms in total. The minimum atomic E-state index is 0.216. The van der Waals surface area contributed by atoms with Gasteiger partial charge in [0.15, 0.2) is 11.5 Å².